The second-order valence-corrected chi connectivity index (χ2v) is 3.87. The van der Waals surface area contributed by atoms with Crippen LogP contribution in [0.5, 0.6) is 0 Å². The topological polar surface area (TPSA) is 25.2 Å². The van der Waals surface area contributed by atoms with E-state index in [0.29, 0.717) is 12.1 Å². The third-order valence-electron chi connectivity index (χ3n) is 2.69. The molecule has 2 heteroatoms. The van der Waals surface area contributed by atoms with Gasteiger partial charge in [0.05, 0.1) is 12.3 Å². The summed E-state index contributed by atoms with van der Waals surface area (Å²) in [5.74, 6) is 1.02. The summed E-state index contributed by atoms with van der Waals surface area (Å²) in [4.78, 5) is 0. The van der Waals surface area contributed by atoms with E-state index in [4.69, 9.17) is 4.42 Å². The SMILES string of the molecule is CC(NC1C=CCCC1)c1ccco1. The van der Waals surface area contributed by atoms with E-state index in [0.717, 1.165) is 5.76 Å². The summed E-state index contributed by atoms with van der Waals surface area (Å²) < 4.78 is 5.35. The van der Waals surface area contributed by atoms with Gasteiger partial charge >= 0.3 is 0 Å². The van der Waals surface area contributed by atoms with Crippen LogP contribution in [0.4, 0.5) is 0 Å². The minimum Gasteiger partial charge on any atom is -0.468 e. The monoisotopic (exact) mass is 191 g/mol. The van der Waals surface area contributed by atoms with E-state index in [2.05, 4.69) is 24.4 Å². The van der Waals surface area contributed by atoms with Crippen molar-refractivity contribution in [1.82, 2.24) is 5.32 Å². The van der Waals surface area contributed by atoms with Gasteiger partial charge in [0.25, 0.3) is 0 Å². The van der Waals surface area contributed by atoms with Crippen LogP contribution >= 0.6 is 0 Å². The van der Waals surface area contributed by atoms with Crippen LogP contribution in [0.2, 0.25) is 0 Å². The quantitative estimate of drug-likeness (QED) is 0.743. The lowest BCUT2D eigenvalue weighted by atomic mass is 10.0. The highest BCUT2D eigenvalue weighted by molar-refractivity contribution is 5.06. The van der Waals surface area contributed by atoms with Gasteiger partial charge in [-0.25, -0.2) is 0 Å². The summed E-state index contributed by atoms with van der Waals surface area (Å²) in [6.45, 7) is 2.14. The molecule has 0 fully saturated rings. The van der Waals surface area contributed by atoms with E-state index < -0.39 is 0 Å². The van der Waals surface area contributed by atoms with Crippen LogP contribution in [0.15, 0.2) is 35.0 Å². The number of nitrogens with one attached hydrogen (secondary N) is 1. The Kier molecular flexibility index (Phi) is 3.04. The molecule has 2 unspecified atom stereocenters. The molecule has 2 nitrogen and oxygen atoms in total. The lowest BCUT2D eigenvalue weighted by molar-refractivity contribution is 0.396. The molecule has 0 saturated heterocycles. The molecular weight excluding hydrogens is 174 g/mol. The van der Waals surface area contributed by atoms with E-state index in [1.165, 1.54) is 19.3 Å². The third kappa shape index (κ3) is 2.26. The largest absolute Gasteiger partial charge is 0.468 e. The first-order valence-electron chi connectivity index (χ1n) is 5.32. The second-order valence-electron chi connectivity index (χ2n) is 3.87. The van der Waals surface area contributed by atoms with E-state index in [1.54, 1.807) is 6.26 Å². The van der Waals surface area contributed by atoms with Crippen molar-refractivity contribution in [1.29, 1.82) is 0 Å². The highest BCUT2D eigenvalue weighted by atomic mass is 16.3. The van der Waals surface area contributed by atoms with E-state index >= 15 is 0 Å². The fraction of sp³-hybridized carbons (Fsp3) is 0.500. The zero-order valence-electron chi connectivity index (χ0n) is 8.57. The fourth-order valence-corrected chi connectivity index (χ4v) is 1.89. The molecule has 0 saturated carbocycles. The van der Waals surface area contributed by atoms with Crippen LogP contribution in [-0.4, -0.2) is 6.04 Å². The molecule has 1 aliphatic carbocycles. The molecule has 0 bridgehead atoms. The summed E-state index contributed by atoms with van der Waals surface area (Å²) in [6, 6.07) is 4.77. The Morgan fingerprint density at radius 1 is 1.57 bits per heavy atom. The number of hydrogen-bond donors (Lipinski definition) is 1. The number of rotatable bonds is 3. The van der Waals surface area contributed by atoms with Gasteiger partial charge in [-0.3, -0.25) is 0 Å². The molecule has 0 spiro atoms. The highest BCUT2D eigenvalue weighted by Crippen LogP contribution is 2.17. The van der Waals surface area contributed by atoms with Crippen LogP contribution < -0.4 is 5.32 Å². The van der Waals surface area contributed by atoms with Crippen molar-refractivity contribution >= 4 is 0 Å². The van der Waals surface area contributed by atoms with Gasteiger partial charge < -0.3 is 9.73 Å². The van der Waals surface area contributed by atoms with Gasteiger partial charge in [0.15, 0.2) is 0 Å². The van der Waals surface area contributed by atoms with Crippen molar-refractivity contribution in [2.24, 2.45) is 0 Å². The fourth-order valence-electron chi connectivity index (χ4n) is 1.89. The lowest BCUT2D eigenvalue weighted by Gasteiger charge is -2.21. The summed E-state index contributed by atoms with van der Waals surface area (Å²) in [5.41, 5.74) is 0. The molecule has 14 heavy (non-hydrogen) atoms. The van der Waals surface area contributed by atoms with Crippen LogP contribution in [0.25, 0.3) is 0 Å². The van der Waals surface area contributed by atoms with Gasteiger partial charge in [-0.15, -0.1) is 0 Å². The van der Waals surface area contributed by atoms with Crippen molar-refractivity contribution in [2.45, 2.75) is 38.3 Å². The van der Waals surface area contributed by atoms with Crippen molar-refractivity contribution in [3.05, 3.63) is 36.3 Å². The minimum absolute atomic E-state index is 0.303. The molecule has 1 aromatic heterocycles. The number of furan rings is 1. The highest BCUT2D eigenvalue weighted by Gasteiger charge is 2.13. The van der Waals surface area contributed by atoms with Crippen molar-refractivity contribution in [2.75, 3.05) is 0 Å². The molecule has 2 rings (SSSR count). The molecule has 0 radical (unpaired) electrons. The maximum atomic E-state index is 5.35. The van der Waals surface area contributed by atoms with Gasteiger partial charge in [-0.2, -0.15) is 0 Å². The Labute approximate surface area is 85.0 Å². The third-order valence-corrected chi connectivity index (χ3v) is 2.69. The maximum Gasteiger partial charge on any atom is 0.120 e. The van der Waals surface area contributed by atoms with Crippen molar-refractivity contribution in [3.8, 4) is 0 Å². The van der Waals surface area contributed by atoms with Gasteiger partial charge in [0.1, 0.15) is 5.76 Å². The summed E-state index contributed by atoms with van der Waals surface area (Å²) >= 11 is 0. The Hall–Kier alpha value is -1.02. The average molecular weight is 191 g/mol. The Morgan fingerprint density at radius 3 is 3.14 bits per heavy atom. The molecule has 1 aromatic rings. The molecule has 0 aliphatic heterocycles. The standard InChI is InChI=1S/C12H17NO/c1-10(12-8-5-9-14-12)13-11-6-3-2-4-7-11/h3,5-6,8-11,13H,2,4,7H2,1H3. The van der Waals surface area contributed by atoms with Crippen LogP contribution in [0.3, 0.4) is 0 Å². The van der Waals surface area contributed by atoms with Crippen molar-refractivity contribution in [3.63, 3.8) is 0 Å². The molecule has 1 N–H and O–H groups in total. The first-order chi connectivity index (χ1) is 6.86. The molecular formula is C12H17NO. The smallest absolute Gasteiger partial charge is 0.120 e. The molecule has 1 heterocycles. The predicted octanol–water partition coefficient (Wildman–Crippen LogP) is 3.04. The van der Waals surface area contributed by atoms with Crippen LogP contribution in [0.1, 0.15) is 38.0 Å². The number of allylic oxidation sites excluding steroid dienone is 1. The predicted molar refractivity (Wildman–Crippen MR) is 57.0 cm³/mol. The summed E-state index contributed by atoms with van der Waals surface area (Å²) in [5, 5.41) is 3.54. The van der Waals surface area contributed by atoms with Gasteiger partial charge in [-0.05, 0) is 38.3 Å². The van der Waals surface area contributed by atoms with E-state index in [1.807, 2.05) is 12.1 Å². The number of hydrogen-bond acceptors (Lipinski definition) is 2. The van der Waals surface area contributed by atoms with Crippen LogP contribution in [-0.2, 0) is 0 Å². The Balaban J connectivity index is 1.91. The lowest BCUT2D eigenvalue weighted by Crippen LogP contribution is -2.30. The zero-order chi connectivity index (χ0) is 9.80. The molecule has 0 amide bonds. The Bertz CT molecular complexity index is 289. The average Bonchev–Trinajstić information content (AvgIpc) is 2.72. The zero-order valence-corrected chi connectivity index (χ0v) is 8.57. The minimum atomic E-state index is 0.303. The van der Waals surface area contributed by atoms with Crippen LogP contribution in [0, 0.1) is 0 Å². The molecule has 1 aliphatic rings. The molecule has 76 valence electrons. The summed E-state index contributed by atoms with van der Waals surface area (Å²) in [6.07, 6.45) is 10.0. The van der Waals surface area contributed by atoms with Gasteiger partial charge in [0, 0.05) is 6.04 Å². The second kappa shape index (κ2) is 4.47. The summed E-state index contributed by atoms with van der Waals surface area (Å²) in [7, 11) is 0. The Morgan fingerprint density at radius 2 is 2.50 bits per heavy atom. The van der Waals surface area contributed by atoms with E-state index in [-0.39, 0.29) is 0 Å². The molecule has 2 atom stereocenters. The first kappa shape index (κ1) is 9.53. The normalized spacial score (nSPS) is 23.6. The maximum absolute atomic E-state index is 5.35. The first-order valence-corrected chi connectivity index (χ1v) is 5.32. The van der Waals surface area contributed by atoms with Gasteiger partial charge in [-0.1, -0.05) is 12.2 Å². The van der Waals surface area contributed by atoms with E-state index in [9.17, 15) is 0 Å². The molecule has 0 aromatic carbocycles. The van der Waals surface area contributed by atoms with Crippen molar-refractivity contribution < 1.29 is 4.42 Å². The van der Waals surface area contributed by atoms with Gasteiger partial charge in [0.2, 0.25) is 0 Å².